The second-order valence-electron chi connectivity index (χ2n) is 15.2. The summed E-state index contributed by atoms with van der Waals surface area (Å²) >= 11 is 0. The average Bonchev–Trinajstić information content (AvgIpc) is 3.16. The average molecular weight is 485 g/mol. The normalized spacial score (nSPS) is 52.5. The molecule has 0 aliphatic heterocycles. The molecule has 35 heavy (non-hydrogen) atoms. The summed E-state index contributed by atoms with van der Waals surface area (Å²) in [5.41, 5.74) is 2.45. The number of rotatable bonds is 3. The maximum Gasteiger partial charge on any atom is 0.302 e. The standard InChI is InChI=1S/C32H52O3/c1-20(2)22-11-16-32(19-35-21(3)33)18-17-30(7)23(27(22)32)9-10-25-29(6)14-13-26(34)28(4,5)24(29)12-15-31(25,30)8/h22-27,34H,1,9-19H2,2-8H3/t22-,23+,24-,25+,26+,27+,29-,30+,31+,32+/m0/s1. The van der Waals surface area contributed by atoms with Crippen molar-refractivity contribution in [2.45, 2.75) is 119 Å². The maximum absolute atomic E-state index is 11.9. The molecule has 5 saturated carbocycles. The van der Waals surface area contributed by atoms with Gasteiger partial charge in [-0.15, -0.1) is 0 Å². The Kier molecular flexibility index (Phi) is 5.96. The van der Waals surface area contributed by atoms with Crippen LogP contribution in [0.4, 0.5) is 0 Å². The van der Waals surface area contributed by atoms with Gasteiger partial charge < -0.3 is 9.84 Å². The Hall–Kier alpha value is -0.830. The Bertz CT molecular complexity index is 891. The Labute approximate surface area is 214 Å². The predicted molar refractivity (Wildman–Crippen MR) is 142 cm³/mol. The summed E-state index contributed by atoms with van der Waals surface area (Å²) < 4.78 is 5.79. The largest absolute Gasteiger partial charge is 0.465 e. The minimum Gasteiger partial charge on any atom is -0.465 e. The van der Waals surface area contributed by atoms with Crippen molar-refractivity contribution in [3.8, 4) is 0 Å². The molecule has 0 spiro atoms. The van der Waals surface area contributed by atoms with Gasteiger partial charge in [-0.3, -0.25) is 4.79 Å². The SMILES string of the molecule is C=C(C)[C@@H]1CC[C@]2(COC(C)=O)CC[C@]3(C)[C@H](CC[C@@H]4[C@@]5(C)CC[C@@H](O)C(C)(C)[C@@H]5CC[C@]43C)[C@@H]12. The summed E-state index contributed by atoms with van der Waals surface area (Å²) in [6, 6.07) is 0. The van der Waals surface area contributed by atoms with E-state index in [0.717, 1.165) is 12.3 Å². The van der Waals surface area contributed by atoms with Crippen LogP contribution >= 0.6 is 0 Å². The van der Waals surface area contributed by atoms with Crippen LogP contribution < -0.4 is 0 Å². The number of carbonyl (C=O) groups is 1. The first kappa shape index (κ1) is 25.8. The van der Waals surface area contributed by atoms with Crippen molar-refractivity contribution in [2.75, 3.05) is 6.61 Å². The number of esters is 1. The molecule has 0 aromatic heterocycles. The Morgan fingerprint density at radius 3 is 2.23 bits per heavy atom. The van der Waals surface area contributed by atoms with Crippen LogP contribution in [-0.2, 0) is 9.53 Å². The summed E-state index contributed by atoms with van der Waals surface area (Å²) in [5, 5.41) is 10.9. The number of ether oxygens (including phenoxy) is 1. The van der Waals surface area contributed by atoms with Gasteiger partial charge in [-0.1, -0.05) is 46.8 Å². The van der Waals surface area contributed by atoms with E-state index in [2.05, 4.69) is 48.1 Å². The highest BCUT2D eigenvalue weighted by Crippen LogP contribution is 2.77. The second kappa shape index (κ2) is 8.08. The van der Waals surface area contributed by atoms with Gasteiger partial charge in [-0.25, -0.2) is 0 Å². The highest BCUT2D eigenvalue weighted by atomic mass is 16.5. The maximum atomic E-state index is 11.9. The van der Waals surface area contributed by atoms with Crippen molar-refractivity contribution in [1.82, 2.24) is 0 Å². The van der Waals surface area contributed by atoms with Gasteiger partial charge in [0, 0.05) is 12.3 Å². The van der Waals surface area contributed by atoms with Gasteiger partial charge in [0.1, 0.15) is 0 Å². The lowest BCUT2D eigenvalue weighted by Gasteiger charge is -2.73. The third-order valence-electron chi connectivity index (χ3n) is 13.8. The zero-order valence-corrected chi connectivity index (χ0v) is 23.7. The van der Waals surface area contributed by atoms with E-state index in [-0.39, 0.29) is 22.9 Å². The summed E-state index contributed by atoms with van der Waals surface area (Å²) in [4.78, 5) is 11.9. The van der Waals surface area contributed by atoms with E-state index < -0.39 is 0 Å². The number of hydrogen-bond donors (Lipinski definition) is 1. The number of carbonyl (C=O) groups excluding carboxylic acids is 1. The van der Waals surface area contributed by atoms with E-state index in [1.807, 2.05) is 0 Å². The van der Waals surface area contributed by atoms with Crippen LogP contribution in [0.15, 0.2) is 12.2 Å². The molecule has 198 valence electrons. The molecule has 3 heteroatoms. The number of aliphatic hydroxyl groups is 1. The summed E-state index contributed by atoms with van der Waals surface area (Å²) in [5.74, 6) is 3.04. The highest BCUT2D eigenvalue weighted by Gasteiger charge is 2.70. The van der Waals surface area contributed by atoms with Crippen LogP contribution in [0.1, 0.15) is 113 Å². The van der Waals surface area contributed by atoms with Crippen molar-refractivity contribution in [3.05, 3.63) is 12.2 Å². The molecule has 0 saturated heterocycles. The molecular weight excluding hydrogens is 432 g/mol. The van der Waals surface area contributed by atoms with Gasteiger partial charge in [0.05, 0.1) is 12.7 Å². The summed E-state index contributed by atoms with van der Waals surface area (Å²) in [7, 11) is 0. The van der Waals surface area contributed by atoms with Crippen LogP contribution in [0.25, 0.3) is 0 Å². The molecule has 3 nitrogen and oxygen atoms in total. The third kappa shape index (κ3) is 3.34. The molecule has 5 aliphatic carbocycles. The van der Waals surface area contributed by atoms with Crippen molar-refractivity contribution >= 4 is 5.97 Å². The fraction of sp³-hybridized carbons (Fsp3) is 0.906. The van der Waals surface area contributed by atoms with Gasteiger partial charge in [-0.05, 0) is 122 Å². The van der Waals surface area contributed by atoms with Gasteiger partial charge in [0.15, 0.2) is 0 Å². The molecule has 5 aliphatic rings. The predicted octanol–water partition coefficient (Wildman–Crippen LogP) is 7.57. The van der Waals surface area contributed by atoms with E-state index in [1.165, 1.54) is 63.4 Å². The van der Waals surface area contributed by atoms with Gasteiger partial charge in [-0.2, -0.15) is 0 Å². The molecule has 1 N–H and O–H groups in total. The van der Waals surface area contributed by atoms with E-state index in [0.29, 0.717) is 46.5 Å². The lowest BCUT2D eigenvalue weighted by molar-refractivity contribution is -0.249. The van der Waals surface area contributed by atoms with Crippen molar-refractivity contribution < 1.29 is 14.6 Å². The molecule has 5 rings (SSSR count). The Balaban J connectivity index is 1.53. The molecule has 0 radical (unpaired) electrons. The van der Waals surface area contributed by atoms with E-state index >= 15 is 0 Å². The number of aliphatic hydroxyl groups excluding tert-OH is 1. The molecule has 10 atom stereocenters. The molecule has 0 unspecified atom stereocenters. The van der Waals surface area contributed by atoms with E-state index in [1.54, 1.807) is 6.92 Å². The van der Waals surface area contributed by atoms with Gasteiger partial charge in [0.2, 0.25) is 0 Å². The molecule has 0 amide bonds. The first-order chi connectivity index (χ1) is 16.2. The van der Waals surface area contributed by atoms with E-state index in [9.17, 15) is 9.90 Å². The van der Waals surface area contributed by atoms with Crippen LogP contribution in [0.5, 0.6) is 0 Å². The van der Waals surface area contributed by atoms with E-state index in [4.69, 9.17) is 4.74 Å². The van der Waals surface area contributed by atoms with Crippen LogP contribution in [0, 0.1) is 56.7 Å². The first-order valence-corrected chi connectivity index (χ1v) is 14.7. The Morgan fingerprint density at radius 1 is 0.857 bits per heavy atom. The number of fused-ring (bicyclic) bond motifs is 7. The zero-order valence-electron chi connectivity index (χ0n) is 23.7. The third-order valence-corrected chi connectivity index (χ3v) is 13.8. The minimum absolute atomic E-state index is 0.00826. The minimum atomic E-state index is -0.164. The molecule has 5 fully saturated rings. The fourth-order valence-corrected chi connectivity index (χ4v) is 11.8. The van der Waals surface area contributed by atoms with Gasteiger partial charge in [0.25, 0.3) is 0 Å². The summed E-state index contributed by atoms with van der Waals surface area (Å²) in [6.45, 7) is 21.5. The number of allylic oxidation sites excluding steroid dienone is 1. The van der Waals surface area contributed by atoms with Crippen LogP contribution in [0.2, 0.25) is 0 Å². The molecule has 0 aromatic carbocycles. The topological polar surface area (TPSA) is 46.5 Å². The smallest absolute Gasteiger partial charge is 0.302 e. The molecule has 0 heterocycles. The highest BCUT2D eigenvalue weighted by molar-refractivity contribution is 5.65. The monoisotopic (exact) mass is 484 g/mol. The van der Waals surface area contributed by atoms with Gasteiger partial charge >= 0.3 is 5.97 Å². The zero-order chi connectivity index (χ0) is 25.6. The number of hydrogen-bond acceptors (Lipinski definition) is 3. The van der Waals surface area contributed by atoms with Crippen molar-refractivity contribution in [2.24, 2.45) is 56.7 Å². The molecular formula is C32H52O3. The quantitative estimate of drug-likeness (QED) is 0.332. The molecule has 0 bridgehead atoms. The lowest BCUT2D eigenvalue weighted by Crippen LogP contribution is -2.66. The van der Waals surface area contributed by atoms with Crippen molar-refractivity contribution in [1.29, 1.82) is 0 Å². The Morgan fingerprint density at radius 2 is 1.57 bits per heavy atom. The summed E-state index contributed by atoms with van der Waals surface area (Å²) in [6.07, 6.45) is 12.0. The second-order valence-corrected chi connectivity index (χ2v) is 15.2. The van der Waals surface area contributed by atoms with Crippen LogP contribution in [-0.4, -0.2) is 23.8 Å². The fourth-order valence-electron chi connectivity index (χ4n) is 11.8. The van der Waals surface area contributed by atoms with Crippen LogP contribution in [0.3, 0.4) is 0 Å². The van der Waals surface area contributed by atoms with Crippen molar-refractivity contribution in [3.63, 3.8) is 0 Å². The first-order valence-electron chi connectivity index (χ1n) is 14.7. The molecule has 0 aromatic rings. The lowest BCUT2D eigenvalue weighted by atomic mass is 9.32.